The fourth-order valence-electron chi connectivity index (χ4n) is 1.43. The second kappa shape index (κ2) is 8.55. The van der Waals surface area contributed by atoms with Crippen molar-refractivity contribution in [1.82, 2.24) is 0 Å². The minimum absolute atomic E-state index is 1.16. The van der Waals surface area contributed by atoms with Gasteiger partial charge in [0.25, 0.3) is 0 Å². The summed E-state index contributed by atoms with van der Waals surface area (Å²) in [6, 6.07) is 0. The third kappa shape index (κ3) is 6.47. The van der Waals surface area contributed by atoms with Crippen molar-refractivity contribution in [1.29, 1.82) is 0 Å². The molecule has 0 aliphatic heterocycles. The van der Waals surface area contributed by atoms with Gasteiger partial charge in [-0.15, -0.1) is 0 Å². The number of hydrogen-bond acceptors (Lipinski definition) is 0. The maximum atomic E-state index is 2.32. The van der Waals surface area contributed by atoms with Gasteiger partial charge in [0, 0.05) is 0 Å². The Morgan fingerprint density at radius 2 is 0.929 bits per heavy atom. The van der Waals surface area contributed by atoms with E-state index in [2.05, 4.69) is 48.6 Å². The van der Waals surface area contributed by atoms with Gasteiger partial charge in [0.2, 0.25) is 0 Å². The zero-order valence-electron chi connectivity index (χ0n) is 8.86. The summed E-state index contributed by atoms with van der Waals surface area (Å²) in [6.07, 6.45) is 25.0. The van der Waals surface area contributed by atoms with Gasteiger partial charge in [0.1, 0.15) is 0 Å². The highest BCUT2D eigenvalue weighted by molar-refractivity contribution is 5.11. The van der Waals surface area contributed by atoms with Gasteiger partial charge >= 0.3 is 0 Å². The van der Waals surface area contributed by atoms with Crippen LogP contribution in [0.4, 0.5) is 0 Å². The van der Waals surface area contributed by atoms with E-state index in [-0.39, 0.29) is 0 Å². The molecule has 0 heteroatoms. The van der Waals surface area contributed by atoms with E-state index in [4.69, 9.17) is 0 Å². The molecule has 0 nitrogen and oxygen atoms in total. The molecule has 0 unspecified atom stereocenters. The summed E-state index contributed by atoms with van der Waals surface area (Å²) in [7, 11) is 0. The largest absolute Gasteiger partial charge is 0.0885 e. The fourth-order valence-corrected chi connectivity index (χ4v) is 1.43. The van der Waals surface area contributed by atoms with Crippen LogP contribution in [0.1, 0.15) is 38.5 Å². The molecule has 1 rings (SSSR count). The zero-order chi connectivity index (χ0) is 9.90. The SMILES string of the molecule is C1=C/C=C/CCCC/C=C\CCC=C1. The molecular weight excluding hydrogens is 168 g/mol. The van der Waals surface area contributed by atoms with Gasteiger partial charge in [0.05, 0.1) is 0 Å². The van der Waals surface area contributed by atoms with Crippen molar-refractivity contribution in [2.75, 3.05) is 0 Å². The van der Waals surface area contributed by atoms with Crippen molar-refractivity contribution in [2.24, 2.45) is 0 Å². The molecular formula is C14H20. The highest BCUT2D eigenvalue weighted by Crippen LogP contribution is 2.03. The highest BCUT2D eigenvalue weighted by Gasteiger charge is 1.83. The Labute approximate surface area is 87.7 Å². The van der Waals surface area contributed by atoms with Crippen LogP contribution in [0.15, 0.2) is 48.6 Å². The van der Waals surface area contributed by atoms with E-state index in [1.54, 1.807) is 0 Å². The van der Waals surface area contributed by atoms with E-state index in [0.717, 1.165) is 6.42 Å². The molecule has 0 radical (unpaired) electrons. The van der Waals surface area contributed by atoms with Gasteiger partial charge in [-0.3, -0.25) is 0 Å². The summed E-state index contributed by atoms with van der Waals surface area (Å²) in [4.78, 5) is 0. The lowest BCUT2D eigenvalue weighted by atomic mass is 10.1. The molecule has 0 spiro atoms. The first kappa shape index (κ1) is 11.0. The average molecular weight is 188 g/mol. The molecule has 0 aromatic heterocycles. The van der Waals surface area contributed by atoms with E-state index in [9.17, 15) is 0 Å². The van der Waals surface area contributed by atoms with Crippen molar-refractivity contribution < 1.29 is 0 Å². The van der Waals surface area contributed by atoms with Crippen LogP contribution in [0.25, 0.3) is 0 Å². The van der Waals surface area contributed by atoms with Gasteiger partial charge < -0.3 is 0 Å². The summed E-state index contributed by atoms with van der Waals surface area (Å²) in [5, 5.41) is 0. The Morgan fingerprint density at radius 3 is 1.71 bits per heavy atom. The Hall–Kier alpha value is -1.04. The van der Waals surface area contributed by atoms with Gasteiger partial charge in [-0.05, 0) is 38.5 Å². The summed E-state index contributed by atoms with van der Waals surface area (Å²) < 4.78 is 0. The van der Waals surface area contributed by atoms with Crippen LogP contribution in [0.3, 0.4) is 0 Å². The number of allylic oxidation sites excluding steroid dienone is 8. The maximum Gasteiger partial charge on any atom is -0.0313 e. The first-order chi connectivity index (χ1) is 7.00. The monoisotopic (exact) mass is 188 g/mol. The van der Waals surface area contributed by atoms with Crippen molar-refractivity contribution in [3.05, 3.63) is 48.6 Å². The molecule has 0 heterocycles. The predicted octanol–water partition coefficient (Wildman–Crippen LogP) is 4.57. The standard InChI is InChI=1S/C14H20/c1-2-4-6-8-10-12-14-13-11-9-7-5-3-1/h1-6,11,13H,7-10,12,14H2/b2-1?,5-3?,6-4+,13-11-. The Morgan fingerprint density at radius 1 is 0.429 bits per heavy atom. The summed E-state index contributed by atoms with van der Waals surface area (Å²) >= 11 is 0. The molecule has 0 amide bonds. The van der Waals surface area contributed by atoms with Gasteiger partial charge in [-0.1, -0.05) is 48.6 Å². The smallest absolute Gasteiger partial charge is 0.0313 e. The first-order valence-corrected chi connectivity index (χ1v) is 5.63. The van der Waals surface area contributed by atoms with Crippen molar-refractivity contribution in [2.45, 2.75) is 38.5 Å². The van der Waals surface area contributed by atoms with Crippen molar-refractivity contribution >= 4 is 0 Å². The topological polar surface area (TPSA) is 0 Å². The first-order valence-electron chi connectivity index (χ1n) is 5.63. The quantitative estimate of drug-likeness (QED) is 0.489. The third-order valence-corrected chi connectivity index (χ3v) is 2.26. The van der Waals surface area contributed by atoms with Crippen LogP contribution in [-0.4, -0.2) is 0 Å². The molecule has 0 saturated carbocycles. The van der Waals surface area contributed by atoms with Crippen molar-refractivity contribution in [3.63, 3.8) is 0 Å². The van der Waals surface area contributed by atoms with Crippen LogP contribution in [0.2, 0.25) is 0 Å². The van der Waals surface area contributed by atoms with Crippen molar-refractivity contribution in [3.8, 4) is 0 Å². The normalized spacial score (nSPS) is 24.0. The van der Waals surface area contributed by atoms with Crippen LogP contribution in [0.5, 0.6) is 0 Å². The second-order valence-electron chi connectivity index (χ2n) is 3.57. The van der Waals surface area contributed by atoms with Crippen LogP contribution < -0.4 is 0 Å². The summed E-state index contributed by atoms with van der Waals surface area (Å²) in [5.74, 6) is 0. The molecule has 0 atom stereocenters. The Bertz CT molecular complexity index is 228. The molecule has 0 bridgehead atoms. The lowest BCUT2D eigenvalue weighted by Crippen LogP contribution is -1.73. The van der Waals surface area contributed by atoms with Gasteiger partial charge in [-0.2, -0.15) is 0 Å². The number of rotatable bonds is 0. The van der Waals surface area contributed by atoms with Gasteiger partial charge in [0.15, 0.2) is 0 Å². The highest BCUT2D eigenvalue weighted by atomic mass is 13.9. The van der Waals surface area contributed by atoms with Crippen LogP contribution >= 0.6 is 0 Å². The summed E-state index contributed by atoms with van der Waals surface area (Å²) in [6.45, 7) is 0. The average Bonchev–Trinajstić information content (AvgIpc) is 2.22. The molecule has 0 saturated heterocycles. The lowest BCUT2D eigenvalue weighted by molar-refractivity contribution is 0.760. The molecule has 0 N–H and O–H groups in total. The maximum absolute atomic E-state index is 2.32. The molecule has 0 fully saturated rings. The molecule has 76 valence electrons. The summed E-state index contributed by atoms with van der Waals surface area (Å²) in [5.41, 5.74) is 0. The third-order valence-electron chi connectivity index (χ3n) is 2.26. The molecule has 0 aromatic rings. The second-order valence-corrected chi connectivity index (χ2v) is 3.57. The Balaban J connectivity index is 2.35. The van der Waals surface area contributed by atoms with E-state index in [0.29, 0.717) is 0 Å². The van der Waals surface area contributed by atoms with Crippen LogP contribution in [0, 0.1) is 0 Å². The predicted molar refractivity (Wildman–Crippen MR) is 64.3 cm³/mol. The minimum Gasteiger partial charge on any atom is -0.0885 e. The molecule has 1 aliphatic rings. The molecule has 0 aromatic carbocycles. The number of hydrogen-bond donors (Lipinski definition) is 0. The lowest BCUT2D eigenvalue weighted by Gasteiger charge is -1.93. The fraction of sp³-hybridized carbons (Fsp3) is 0.429. The molecule has 14 heavy (non-hydrogen) atoms. The van der Waals surface area contributed by atoms with E-state index < -0.39 is 0 Å². The van der Waals surface area contributed by atoms with Gasteiger partial charge in [-0.25, -0.2) is 0 Å². The van der Waals surface area contributed by atoms with E-state index in [1.165, 1.54) is 32.1 Å². The van der Waals surface area contributed by atoms with E-state index in [1.807, 2.05) is 0 Å². The van der Waals surface area contributed by atoms with E-state index >= 15 is 0 Å². The zero-order valence-corrected chi connectivity index (χ0v) is 8.86. The Kier molecular flexibility index (Phi) is 6.74. The van der Waals surface area contributed by atoms with Crippen LogP contribution in [-0.2, 0) is 0 Å². The molecule has 1 aliphatic carbocycles. The minimum atomic E-state index is 1.16.